The van der Waals surface area contributed by atoms with Gasteiger partial charge in [-0.05, 0) is 49.8 Å². The number of alkyl halides is 6. The Hall–Kier alpha value is -1.81. The van der Waals surface area contributed by atoms with E-state index in [0.717, 1.165) is 31.3 Å². The summed E-state index contributed by atoms with van der Waals surface area (Å²) >= 11 is 4.25. The molecule has 162 valence electrons. The van der Waals surface area contributed by atoms with Crippen LogP contribution in [0.1, 0.15) is 34.0 Å². The molecule has 0 aromatic carbocycles. The first kappa shape index (κ1) is 27.2. The van der Waals surface area contributed by atoms with E-state index in [2.05, 4.69) is 25.8 Å². The second-order valence-electron chi connectivity index (χ2n) is 5.64. The van der Waals surface area contributed by atoms with Crippen LogP contribution in [-0.4, -0.2) is 36.6 Å². The molecule has 1 aromatic heterocycles. The van der Waals surface area contributed by atoms with Crippen LogP contribution in [-0.2, 0) is 4.79 Å². The summed E-state index contributed by atoms with van der Waals surface area (Å²) in [5, 5.41) is 0. The quantitative estimate of drug-likeness (QED) is 0.186. The molecule has 0 radical (unpaired) electrons. The molecule has 1 aromatic rings. The smallest absolute Gasteiger partial charge is 0.298 e. The van der Waals surface area contributed by atoms with E-state index in [-0.39, 0.29) is 21.6 Å². The minimum atomic E-state index is -5.68. The van der Waals surface area contributed by atoms with E-state index in [1.54, 1.807) is 6.26 Å². The lowest BCUT2D eigenvalue weighted by atomic mass is 9.93. The summed E-state index contributed by atoms with van der Waals surface area (Å²) in [6.07, 6.45) is 2.13. The molecule has 0 atom stereocenters. The number of thiol groups is 1. The van der Waals surface area contributed by atoms with Crippen molar-refractivity contribution in [1.29, 1.82) is 0 Å². The SMILES string of the molecule is C/C(C=O)=C(/C)C1=C(c2cc(C=O)sc2C)C(F)(F)C(F)(F)C1(F)F.C=C.CS. The fourth-order valence-electron chi connectivity index (χ4n) is 2.65. The van der Waals surface area contributed by atoms with Crippen molar-refractivity contribution in [3.8, 4) is 0 Å². The van der Waals surface area contributed by atoms with E-state index in [1.807, 2.05) is 0 Å². The van der Waals surface area contributed by atoms with E-state index in [4.69, 9.17) is 0 Å². The number of hydrogen-bond acceptors (Lipinski definition) is 4. The van der Waals surface area contributed by atoms with Gasteiger partial charge < -0.3 is 0 Å². The first-order chi connectivity index (χ1) is 13.3. The predicted octanol–water partition coefficient (Wildman–Crippen LogP) is 6.43. The minimum absolute atomic E-state index is 0.0133. The molecule has 2 rings (SSSR count). The number of aldehydes is 2. The van der Waals surface area contributed by atoms with E-state index in [0.29, 0.717) is 6.29 Å². The summed E-state index contributed by atoms with van der Waals surface area (Å²) in [6, 6.07) is 0.872. The number of rotatable bonds is 4. The summed E-state index contributed by atoms with van der Waals surface area (Å²) in [4.78, 5) is 21.6. The van der Waals surface area contributed by atoms with Crippen molar-refractivity contribution in [2.75, 3.05) is 6.26 Å². The Bertz CT molecular complexity index is 838. The minimum Gasteiger partial charge on any atom is -0.298 e. The van der Waals surface area contributed by atoms with Gasteiger partial charge >= 0.3 is 17.8 Å². The molecule has 0 fully saturated rings. The van der Waals surface area contributed by atoms with Crippen molar-refractivity contribution in [3.05, 3.63) is 51.3 Å². The second kappa shape index (κ2) is 9.80. The summed E-state index contributed by atoms with van der Waals surface area (Å²) in [5.74, 6) is -16.0. The Kier molecular flexibility index (Phi) is 9.18. The van der Waals surface area contributed by atoms with Crippen molar-refractivity contribution in [2.45, 2.75) is 38.5 Å². The van der Waals surface area contributed by atoms with Gasteiger partial charge in [0.15, 0.2) is 6.29 Å². The highest BCUT2D eigenvalue weighted by atomic mass is 32.1. The molecule has 1 heterocycles. The van der Waals surface area contributed by atoms with Gasteiger partial charge in [-0.3, -0.25) is 9.59 Å². The van der Waals surface area contributed by atoms with Crippen molar-refractivity contribution in [1.82, 2.24) is 0 Å². The van der Waals surface area contributed by atoms with Gasteiger partial charge in [0.2, 0.25) is 0 Å². The Labute approximate surface area is 174 Å². The number of carbonyl (C=O) groups excluding carboxylic acids is 2. The van der Waals surface area contributed by atoms with Gasteiger partial charge in [0.1, 0.15) is 6.29 Å². The summed E-state index contributed by atoms with van der Waals surface area (Å²) in [7, 11) is 0. The van der Waals surface area contributed by atoms with E-state index in [1.165, 1.54) is 6.92 Å². The van der Waals surface area contributed by atoms with Crippen LogP contribution in [0, 0.1) is 6.92 Å². The third-order valence-corrected chi connectivity index (χ3v) is 5.11. The maximum Gasteiger partial charge on any atom is 0.380 e. The summed E-state index contributed by atoms with van der Waals surface area (Å²) in [5.41, 5.74) is -4.70. The molecule has 10 heteroatoms. The maximum absolute atomic E-state index is 14.4. The molecular weight excluding hydrogens is 438 g/mol. The van der Waals surface area contributed by atoms with E-state index in [9.17, 15) is 35.9 Å². The van der Waals surface area contributed by atoms with Crippen molar-refractivity contribution in [3.63, 3.8) is 0 Å². The molecule has 0 N–H and O–H groups in total. The number of aryl methyl sites for hydroxylation is 1. The molecule has 0 spiro atoms. The predicted molar refractivity (Wildman–Crippen MR) is 107 cm³/mol. The van der Waals surface area contributed by atoms with Gasteiger partial charge in [-0.2, -0.15) is 39.0 Å². The third-order valence-electron chi connectivity index (χ3n) is 4.13. The Morgan fingerprint density at radius 1 is 1.03 bits per heavy atom. The summed E-state index contributed by atoms with van der Waals surface area (Å²) in [6.45, 7) is 9.23. The number of allylic oxidation sites excluding steroid dienone is 4. The van der Waals surface area contributed by atoms with Gasteiger partial charge in [-0.25, -0.2) is 0 Å². The van der Waals surface area contributed by atoms with Crippen LogP contribution in [0.2, 0.25) is 0 Å². The topological polar surface area (TPSA) is 34.1 Å². The molecule has 0 amide bonds. The van der Waals surface area contributed by atoms with Gasteiger partial charge in [-0.15, -0.1) is 24.5 Å². The average Bonchev–Trinajstić information content (AvgIpc) is 3.11. The molecule has 0 unspecified atom stereocenters. The molecule has 0 aliphatic heterocycles. The Morgan fingerprint density at radius 3 is 1.90 bits per heavy atom. The van der Waals surface area contributed by atoms with Crippen LogP contribution in [0.5, 0.6) is 0 Å². The molecular formula is C19H20F6O2S2. The normalized spacial score (nSPS) is 19.3. The van der Waals surface area contributed by atoms with Gasteiger partial charge in [0.25, 0.3) is 0 Å². The Morgan fingerprint density at radius 2 is 1.52 bits per heavy atom. The van der Waals surface area contributed by atoms with Crippen LogP contribution < -0.4 is 0 Å². The number of carbonyl (C=O) groups is 2. The monoisotopic (exact) mass is 458 g/mol. The highest BCUT2D eigenvalue weighted by Crippen LogP contribution is 2.64. The molecule has 1 aliphatic carbocycles. The lowest BCUT2D eigenvalue weighted by Crippen LogP contribution is -2.49. The van der Waals surface area contributed by atoms with Crippen molar-refractivity contribution < 1.29 is 35.9 Å². The van der Waals surface area contributed by atoms with Crippen LogP contribution in [0.15, 0.2) is 35.9 Å². The zero-order valence-electron chi connectivity index (χ0n) is 16.1. The van der Waals surface area contributed by atoms with Gasteiger partial charge in [0.05, 0.1) is 4.88 Å². The van der Waals surface area contributed by atoms with Gasteiger partial charge in [-0.1, -0.05) is 0 Å². The fraction of sp³-hybridized carbons (Fsp3) is 0.368. The lowest BCUT2D eigenvalue weighted by Gasteiger charge is -2.26. The van der Waals surface area contributed by atoms with Crippen LogP contribution in [0.3, 0.4) is 0 Å². The Balaban J connectivity index is 0.00000184. The van der Waals surface area contributed by atoms with E-state index >= 15 is 0 Å². The number of hydrogen-bond donors (Lipinski definition) is 1. The van der Waals surface area contributed by atoms with Crippen LogP contribution in [0.25, 0.3) is 5.57 Å². The molecule has 29 heavy (non-hydrogen) atoms. The highest BCUT2D eigenvalue weighted by Gasteiger charge is 2.80. The third kappa shape index (κ3) is 4.23. The molecule has 0 bridgehead atoms. The number of thiophene rings is 1. The molecule has 0 saturated heterocycles. The first-order valence-electron chi connectivity index (χ1n) is 7.87. The highest BCUT2D eigenvalue weighted by molar-refractivity contribution is 7.79. The standard InChI is InChI=1S/C16H12F6O2S.C2H4.CH4S/c1-7(5-23)8(2)12-13(11-4-10(6-24)25-9(11)3)15(19,20)16(21,22)14(12,17)18;2*1-2/h4-6H,1-3H3;1-2H2;2H,1H3/b8-7+;;. The largest absolute Gasteiger partial charge is 0.380 e. The molecule has 1 aliphatic rings. The second-order valence-corrected chi connectivity index (χ2v) is 6.92. The summed E-state index contributed by atoms with van der Waals surface area (Å²) < 4.78 is 85.1. The zero-order chi connectivity index (χ0) is 23.4. The first-order valence-corrected chi connectivity index (χ1v) is 9.58. The van der Waals surface area contributed by atoms with Crippen molar-refractivity contribution >= 4 is 42.1 Å². The molecule has 0 saturated carbocycles. The van der Waals surface area contributed by atoms with E-state index < -0.39 is 40.1 Å². The zero-order valence-corrected chi connectivity index (χ0v) is 17.8. The van der Waals surface area contributed by atoms with Crippen LogP contribution in [0.4, 0.5) is 26.3 Å². The fourth-order valence-corrected chi connectivity index (χ4v) is 3.50. The van der Waals surface area contributed by atoms with Crippen LogP contribution >= 0.6 is 24.0 Å². The molecule has 2 nitrogen and oxygen atoms in total. The average molecular weight is 458 g/mol. The lowest BCUT2D eigenvalue weighted by molar-refractivity contribution is -0.259. The number of halogens is 6. The van der Waals surface area contributed by atoms with Crippen molar-refractivity contribution in [2.24, 2.45) is 0 Å². The van der Waals surface area contributed by atoms with Gasteiger partial charge in [0, 0.05) is 16.0 Å². The maximum atomic E-state index is 14.4.